The molecule has 1 heterocycles. The highest BCUT2D eigenvalue weighted by Crippen LogP contribution is 2.23. The summed E-state index contributed by atoms with van der Waals surface area (Å²) in [6.45, 7) is 0.351. The first kappa shape index (κ1) is 13.9. The maximum Gasteiger partial charge on any atom is 0.312 e. The Balaban J connectivity index is 2.25. The normalized spacial score (nSPS) is 16.2. The molecule has 2 rings (SSSR count). The first-order chi connectivity index (χ1) is 8.91. The Labute approximate surface area is 117 Å². The second-order valence-corrected chi connectivity index (χ2v) is 5.13. The van der Waals surface area contributed by atoms with Crippen molar-refractivity contribution in [2.24, 2.45) is 0 Å². The smallest absolute Gasteiger partial charge is 0.312 e. The molecule has 1 aromatic rings. The summed E-state index contributed by atoms with van der Waals surface area (Å²) in [5.74, 6) is -2.89. The van der Waals surface area contributed by atoms with E-state index in [2.05, 4.69) is 15.9 Å². The zero-order chi connectivity index (χ0) is 14.2. The fraction of sp³-hybridized carbons (Fsp3) is 0.333. The molecule has 0 bridgehead atoms. The van der Waals surface area contributed by atoms with Crippen LogP contribution in [0.2, 0.25) is 0 Å². The lowest BCUT2D eigenvalue weighted by Crippen LogP contribution is -2.52. The summed E-state index contributed by atoms with van der Waals surface area (Å²) in [6, 6.07) is 2.37. The van der Waals surface area contributed by atoms with Crippen molar-refractivity contribution in [2.75, 3.05) is 20.1 Å². The van der Waals surface area contributed by atoms with Crippen molar-refractivity contribution in [3.05, 3.63) is 33.8 Å². The van der Waals surface area contributed by atoms with Crippen molar-refractivity contribution in [1.29, 1.82) is 0 Å². The molecule has 19 heavy (non-hydrogen) atoms. The second kappa shape index (κ2) is 5.24. The Morgan fingerprint density at radius 1 is 1.21 bits per heavy atom. The van der Waals surface area contributed by atoms with Crippen LogP contribution in [0.3, 0.4) is 0 Å². The number of amides is 2. The molecule has 0 saturated carbocycles. The molecule has 0 radical (unpaired) electrons. The predicted octanol–water partition coefficient (Wildman–Crippen LogP) is 1.53. The molecule has 0 aromatic heterocycles. The molecule has 0 N–H and O–H groups in total. The number of hydrogen-bond acceptors (Lipinski definition) is 2. The third-order valence-corrected chi connectivity index (χ3v) is 3.62. The quantitative estimate of drug-likeness (QED) is 0.608. The number of piperazine rings is 1. The molecular formula is C12H11BrF2N2O2. The Kier molecular flexibility index (Phi) is 3.84. The van der Waals surface area contributed by atoms with Gasteiger partial charge in [-0.15, -0.1) is 0 Å². The molecule has 0 spiro atoms. The number of carbonyl (C=O) groups is 2. The summed E-state index contributed by atoms with van der Waals surface area (Å²) < 4.78 is 27.5. The van der Waals surface area contributed by atoms with Crippen LogP contribution in [0.1, 0.15) is 5.56 Å². The number of likely N-dealkylation sites (N-methyl/N-ethyl adjacent to an activating group) is 1. The van der Waals surface area contributed by atoms with E-state index in [0.29, 0.717) is 6.54 Å². The maximum absolute atomic E-state index is 13.8. The topological polar surface area (TPSA) is 40.6 Å². The van der Waals surface area contributed by atoms with Crippen LogP contribution in [0.5, 0.6) is 0 Å². The molecule has 4 nitrogen and oxygen atoms in total. The Morgan fingerprint density at radius 3 is 2.58 bits per heavy atom. The zero-order valence-corrected chi connectivity index (χ0v) is 11.7. The average Bonchev–Trinajstić information content (AvgIpc) is 2.39. The molecule has 1 fully saturated rings. The molecule has 1 saturated heterocycles. The van der Waals surface area contributed by atoms with Gasteiger partial charge in [0, 0.05) is 25.7 Å². The molecule has 1 aromatic carbocycles. The average molecular weight is 333 g/mol. The van der Waals surface area contributed by atoms with Gasteiger partial charge in [-0.2, -0.15) is 0 Å². The molecule has 0 aliphatic carbocycles. The van der Waals surface area contributed by atoms with Gasteiger partial charge in [-0.05, 0) is 28.1 Å². The molecular weight excluding hydrogens is 322 g/mol. The van der Waals surface area contributed by atoms with Crippen LogP contribution < -0.4 is 0 Å². The third kappa shape index (κ3) is 2.60. The van der Waals surface area contributed by atoms with Gasteiger partial charge in [-0.25, -0.2) is 8.78 Å². The first-order valence-electron chi connectivity index (χ1n) is 5.58. The van der Waals surface area contributed by atoms with Crippen LogP contribution in [-0.4, -0.2) is 41.8 Å². The van der Waals surface area contributed by atoms with Crippen molar-refractivity contribution >= 4 is 27.7 Å². The van der Waals surface area contributed by atoms with Gasteiger partial charge in [0.05, 0.1) is 11.0 Å². The minimum Gasteiger partial charge on any atom is -0.336 e. The van der Waals surface area contributed by atoms with Crippen molar-refractivity contribution in [3.8, 4) is 0 Å². The SMILES string of the molecule is CN1CCN(Cc2c(F)ccc(Br)c2F)C(=O)C1=O. The van der Waals surface area contributed by atoms with E-state index in [1.807, 2.05) is 0 Å². The summed E-state index contributed by atoms with van der Waals surface area (Å²) in [7, 11) is 1.51. The van der Waals surface area contributed by atoms with Crippen molar-refractivity contribution in [1.82, 2.24) is 9.80 Å². The largest absolute Gasteiger partial charge is 0.336 e. The number of benzene rings is 1. The zero-order valence-electron chi connectivity index (χ0n) is 10.1. The minimum atomic E-state index is -0.751. The lowest BCUT2D eigenvalue weighted by atomic mass is 10.1. The summed E-state index contributed by atoms with van der Waals surface area (Å²) in [5, 5.41) is 0. The number of hydrogen-bond donors (Lipinski definition) is 0. The number of nitrogens with zero attached hydrogens (tertiary/aromatic N) is 2. The fourth-order valence-electron chi connectivity index (χ4n) is 1.83. The highest BCUT2D eigenvalue weighted by Gasteiger charge is 2.31. The van der Waals surface area contributed by atoms with E-state index in [1.165, 1.54) is 18.0 Å². The van der Waals surface area contributed by atoms with Crippen LogP contribution in [0.4, 0.5) is 8.78 Å². The molecule has 1 aliphatic heterocycles. The van der Waals surface area contributed by atoms with Crippen molar-refractivity contribution < 1.29 is 18.4 Å². The standard InChI is InChI=1S/C12H11BrF2N2O2/c1-16-4-5-17(12(19)11(16)18)6-7-9(14)3-2-8(13)10(7)15/h2-3H,4-6H2,1H3. The second-order valence-electron chi connectivity index (χ2n) is 4.28. The molecule has 1 aliphatic rings. The van der Waals surface area contributed by atoms with E-state index >= 15 is 0 Å². The minimum absolute atomic E-state index is 0.122. The molecule has 0 unspecified atom stereocenters. The van der Waals surface area contributed by atoms with Gasteiger partial charge in [0.2, 0.25) is 0 Å². The summed E-state index contributed by atoms with van der Waals surface area (Å²) >= 11 is 2.96. The molecule has 0 atom stereocenters. The highest BCUT2D eigenvalue weighted by molar-refractivity contribution is 9.10. The van der Waals surface area contributed by atoms with Gasteiger partial charge >= 0.3 is 11.8 Å². The van der Waals surface area contributed by atoms with Crippen LogP contribution in [0.25, 0.3) is 0 Å². The Hall–Kier alpha value is -1.50. The van der Waals surface area contributed by atoms with E-state index in [9.17, 15) is 18.4 Å². The van der Waals surface area contributed by atoms with Crippen molar-refractivity contribution in [2.45, 2.75) is 6.54 Å². The van der Waals surface area contributed by atoms with Gasteiger partial charge in [0.15, 0.2) is 0 Å². The van der Waals surface area contributed by atoms with Crippen LogP contribution in [0.15, 0.2) is 16.6 Å². The van der Waals surface area contributed by atoms with Crippen LogP contribution >= 0.6 is 15.9 Å². The Morgan fingerprint density at radius 2 is 1.89 bits per heavy atom. The third-order valence-electron chi connectivity index (χ3n) is 3.01. The van der Waals surface area contributed by atoms with E-state index < -0.39 is 23.4 Å². The summed E-state index contributed by atoms with van der Waals surface area (Å²) in [5.41, 5.74) is -0.222. The Bertz CT molecular complexity index is 551. The van der Waals surface area contributed by atoms with Gasteiger partial charge in [-0.3, -0.25) is 9.59 Å². The van der Waals surface area contributed by atoms with Gasteiger partial charge < -0.3 is 9.80 Å². The number of carbonyl (C=O) groups excluding carboxylic acids is 2. The molecule has 2 amide bonds. The van der Waals surface area contributed by atoms with E-state index in [0.717, 1.165) is 11.0 Å². The molecule has 102 valence electrons. The van der Waals surface area contributed by atoms with Gasteiger partial charge in [0.25, 0.3) is 0 Å². The van der Waals surface area contributed by atoms with Crippen LogP contribution in [0, 0.1) is 11.6 Å². The number of halogens is 3. The maximum atomic E-state index is 13.8. The highest BCUT2D eigenvalue weighted by atomic mass is 79.9. The monoisotopic (exact) mass is 332 g/mol. The summed E-state index contributed by atoms with van der Waals surface area (Å²) in [4.78, 5) is 25.7. The van der Waals surface area contributed by atoms with Crippen molar-refractivity contribution in [3.63, 3.8) is 0 Å². The van der Waals surface area contributed by atoms with Gasteiger partial charge in [0.1, 0.15) is 11.6 Å². The fourth-order valence-corrected chi connectivity index (χ4v) is 2.20. The lowest BCUT2D eigenvalue weighted by molar-refractivity contribution is -0.155. The number of rotatable bonds is 2. The van der Waals surface area contributed by atoms with E-state index in [4.69, 9.17) is 0 Å². The predicted molar refractivity (Wildman–Crippen MR) is 67.1 cm³/mol. The summed E-state index contributed by atoms with van der Waals surface area (Å²) in [6.07, 6.45) is 0. The van der Waals surface area contributed by atoms with E-state index in [-0.39, 0.29) is 23.1 Å². The van der Waals surface area contributed by atoms with E-state index in [1.54, 1.807) is 0 Å². The lowest BCUT2D eigenvalue weighted by Gasteiger charge is -2.31. The molecule has 7 heteroatoms. The van der Waals surface area contributed by atoms with Gasteiger partial charge in [-0.1, -0.05) is 0 Å². The van der Waals surface area contributed by atoms with Crippen LogP contribution in [-0.2, 0) is 16.1 Å². The first-order valence-corrected chi connectivity index (χ1v) is 6.38.